The third kappa shape index (κ3) is 3.03. The molecule has 21 heavy (non-hydrogen) atoms. The van der Waals surface area contributed by atoms with Gasteiger partial charge < -0.3 is 5.32 Å². The lowest BCUT2D eigenvalue weighted by Crippen LogP contribution is -1.95. The number of rotatable bonds is 4. The average molecular weight is 298 g/mol. The number of benzene rings is 1. The Bertz CT molecular complexity index is 740. The predicted molar refractivity (Wildman–Crippen MR) is 81.7 cm³/mol. The molecule has 104 valence electrons. The molecular weight excluding hydrogens is 288 g/mol. The van der Waals surface area contributed by atoms with Crippen molar-refractivity contribution in [2.24, 2.45) is 0 Å². The Morgan fingerprint density at radius 3 is 2.48 bits per heavy atom. The van der Waals surface area contributed by atoms with Gasteiger partial charge in [-0.25, -0.2) is 9.97 Å². The number of anilines is 2. The quantitative estimate of drug-likeness (QED) is 0.584. The highest BCUT2D eigenvalue weighted by molar-refractivity contribution is 7.13. The van der Waals surface area contributed by atoms with E-state index in [1.54, 1.807) is 23.6 Å². The minimum absolute atomic E-state index is 0.0281. The van der Waals surface area contributed by atoms with Crippen molar-refractivity contribution >= 4 is 28.5 Å². The van der Waals surface area contributed by atoms with Crippen LogP contribution in [-0.2, 0) is 0 Å². The third-order valence-electron chi connectivity index (χ3n) is 2.80. The number of nitro groups is 1. The summed E-state index contributed by atoms with van der Waals surface area (Å²) in [5.74, 6) is 0.558. The smallest absolute Gasteiger partial charge is 0.287 e. The zero-order valence-corrected chi connectivity index (χ0v) is 11.6. The van der Waals surface area contributed by atoms with Crippen LogP contribution in [0.2, 0.25) is 0 Å². The fourth-order valence-electron chi connectivity index (χ4n) is 1.78. The first-order valence-electron chi connectivity index (χ1n) is 6.10. The third-order valence-corrected chi connectivity index (χ3v) is 3.62. The van der Waals surface area contributed by atoms with Gasteiger partial charge in [0.15, 0.2) is 0 Å². The summed E-state index contributed by atoms with van der Waals surface area (Å²) >= 11 is 1.58. The molecule has 1 aromatic carbocycles. The summed E-state index contributed by atoms with van der Waals surface area (Å²) in [7, 11) is 0. The van der Waals surface area contributed by atoms with Crippen LogP contribution in [0.1, 0.15) is 0 Å². The van der Waals surface area contributed by atoms with Crippen molar-refractivity contribution in [1.29, 1.82) is 0 Å². The molecule has 0 atom stereocenters. The van der Waals surface area contributed by atoms with E-state index < -0.39 is 4.92 Å². The van der Waals surface area contributed by atoms with Gasteiger partial charge in [-0.15, -0.1) is 11.3 Å². The van der Waals surface area contributed by atoms with Crippen LogP contribution >= 0.6 is 11.3 Å². The molecule has 0 unspecified atom stereocenters. The van der Waals surface area contributed by atoms with Crippen molar-refractivity contribution in [1.82, 2.24) is 9.97 Å². The van der Waals surface area contributed by atoms with Crippen LogP contribution in [0.15, 0.2) is 54.2 Å². The maximum atomic E-state index is 10.6. The van der Waals surface area contributed by atoms with Crippen LogP contribution < -0.4 is 5.32 Å². The molecule has 0 aliphatic heterocycles. The van der Waals surface area contributed by atoms with E-state index >= 15 is 0 Å². The van der Waals surface area contributed by atoms with E-state index in [0.29, 0.717) is 5.82 Å². The van der Waals surface area contributed by atoms with Crippen molar-refractivity contribution < 1.29 is 4.92 Å². The van der Waals surface area contributed by atoms with Gasteiger partial charge in [0, 0.05) is 28.9 Å². The fourth-order valence-corrected chi connectivity index (χ4v) is 2.42. The largest absolute Gasteiger partial charge is 0.340 e. The summed E-state index contributed by atoms with van der Waals surface area (Å²) in [6, 6.07) is 10.8. The molecular formula is C14H10N4O2S. The summed E-state index contributed by atoms with van der Waals surface area (Å²) < 4.78 is 0. The molecule has 0 aliphatic rings. The van der Waals surface area contributed by atoms with E-state index in [1.165, 1.54) is 12.3 Å². The van der Waals surface area contributed by atoms with E-state index in [4.69, 9.17) is 0 Å². The number of aromatic nitrogens is 2. The van der Waals surface area contributed by atoms with Crippen LogP contribution in [0.3, 0.4) is 0 Å². The van der Waals surface area contributed by atoms with Gasteiger partial charge in [-0.2, -0.15) is 0 Å². The Morgan fingerprint density at radius 2 is 1.90 bits per heavy atom. The summed E-state index contributed by atoms with van der Waals surface area (Å²) in [6.45, 7) is 0. The minimum atomic E-state index is -0.473. The van der Waals surface area contributed by atoms with Gasteiger partial charge in [0.05, 0.1) is 4.92 Å². The molecule has 0 saturated carbocycles. The van der Waals surface area contributed by atoms with Crippen LogP contribution in [0.4, 0.5) is 17.2 Å². The lowest BCUT2D eigenvalue weighted by Gasteiger charge is -2.05. The molecule has 0 saturated heterocycles. The molecule has 0 spiro atoms. The van der Waals surface area contributed by atoms with Gasteiger partial charge in [-0.3, -0.25) is 10.1 Å². The van der Waals surface area contributed by atoms with Gasteiger partial charge in [-0.05, 0) is 30.3 Å². The Balaban J connectivity index is 1.74. The zero-order valence-electron chi connectivity index (χ0n) is 10.8. The van der Waals surface area contributed by atoms with Crippen molar-refractivity contribution in [3.8, 4) is 10.6 Å². The second-order valence-corrected chi connectivity index (χ2v) is 5.09. The standard InChI is InChI=1S/C14H10N4O2S/c19-18(20)12-5-6-13(16-9-12)17-11-3-1-10(2-4-11)14-15-7-8-21-14/h1-9H,(H,16,17). The highest BCUT2D eigenvalue weighted by Gasteiger charge is 2.05. The molecule has 0 fully saturated rings. The lowest BCUT2D eigenvalue weighted by molar-refractivity contribution is -0.385. The van der Waals surface area contributed by atoms with E-state index in [1.807, 2.05) is 29.6 Å². The monoisotopic (exact) mass is 298 g/mol. The van der Waals surface area contributed by atoms with E-state index in [9.17, 15) is 10.1 Å². The normalized spacial score (nSPS) is 10.3. The van der Waals surface area contributed by atoms with Gasteiger partial charge in [0.1, 0.15) is 17.0 Å². The molecule has 0 radical (unpaired) electrons. The van der Waals surface area contributed by atoms with Gasteiger partial charge in [0.25, 0.3) is 5.69 Å². The first-order chi connectivity index (χ1) is 10.2. The maximum absolute atomic E-state index is 10.6. The topological polar surface area (TPSA) is 81.0 Å². The fraction of sp³-hybridized carbons (Fsp3) is 0. The number of thiazole rings is 1. The van der Waals surface area contributed by atoms with Crippen LogP contribution in [0, 0.1) is 10.1 Å². The molecule has 2 heterocycles. The minimum Gasteiger partial charge on any atom is -0.340 e. The highest BCUT2D eigenvalue weighted by Crippen LogP contribution is 2.24. The Kier molecular flexibility index (Phi) is 3.57. The van der Waals surface area contributed by atoms with Crippen LogP contribution in [0.5, 0.6) is 0 Å². The first kappa shape index (κ1) is 13.2. The molecule has 3 rings (SSSR count). The predicted octanol–water partition coefficient (Wildman–Crippen LogP) is 3.86. The molecule has 0 bridgehead atoms. The second-order valence-electron chi connectivity index (χ2n) is 4.20. The average Bonchev–Trinajstić information content (AvgIpc) is 3.03. The number of nitrogens with zero attached hydrogens (tertiary/aromatic N) is 3. The zero-order chi connectivity index (χ0) is 14.7. The van der Waals surface area contributed by atoms with Crippen molar-refractivity contribution in [2.75, 3.05) is 5.32 Å². The SMILES string of the molecule is O=[N+]([O-])c1ccc(Nc2ccc(-c3nccs3)cc2)nc1. The maximum Gasteiger partial charge on any atom is 0.287 e. The molecule has 0 amide bonds. The summed E-state index contributed by atoms with van der Waals surface area (Å²) in [4.78, 5) is 18.3. The Morgan fingerprint density at radius 1 is 1.10 bits per heavy atom. The van der Waals surface area contributed by atoms with Gasteiger partial charge in [-0.1, -0.05) is 0 Å². The molecule has 1 N–H and O–H groups in total. The number of pyridine rings is 1. The Hall–Kier alpha value is -2.80. The molecule has 6 nitrogen and oxygen atoms in total. The van der Waals surface area contributed by atoms with Gasteiger partial charge in [0.2, 0.25) is 0 Å². The molecule has 7 heteroatoms. The summed E-state index contributed by atoms with van der Waals surface area (Å²) in [5, 5.41) is 16.6. The van der Waals surface area contributed by atoms with E-state index in [0.717, 1.165) is 16.3 Å². The summed E-state index contributed by atoms with van der Waals surface area (Å²) in [6.07, 6.45) is 3.00. The Labute approximate surface area is 124 Å². The number of hydrogen-bond acceptors (Lipinski definition) is 6. The highest BCUT2D eigenvalue weighted by atomic mass is 32.1. The molecule has 3 aromatic rings. The van der Waals surface area contributed by atoms with Crippen molar-refractivity contribution in [3.63, 3.8) is 0 Å². The molecule has 2 aromatic heterocycles. The molecule has 0 aliphatic carbocycles. The number of hydrogen-bond donors (Lipinski definition) is 1. The first-order valence-corrected chi connectivity index (χ1v) is 6.98. The van der Waals surface area contributed by atoms with Crippen LogP contribution in [-0.4, -0.2) is 14.9 Å². The lowest BCUT2D eigenvalue weighted by atomic mass is 10.2. The van der Waals surface area contributed by atoms with Crippen LogP contribution in [0.25, 0.3) is 10.6 Å². The van der Waals surface area contributed by atoms with Gasteiger partial charge >= 0.3 is 0 Å². The van der Waals surface area contributed by atoms with E-state index in [-0.39, 0.29) is 5.69 Å². The van der Waals surface area contributed by atoms with Crippen molar-refractivity contribution in [3.05, 3.63) is 64.3 Å². The second kappa shape index (κ2) is 5.68. The summed E-state index contributed by atoms with van der Waals surface area (Å²) in [5.41, 5.74) is 1.88. The van der Waals surface area contributed by atoms with E-state index in [2.05, 4.69) is 15.3 Å². The van der Waals surface area contributed by atoms with Crippen molar-refractivity contribution in [2.45, 2.75) is 0 Å². The number of nitrogens with one attached hydrogen (secondary N) is 1.